The van der Waals surface area contributed by atoms with E-state index in [0.717, 1.165) is 12.2 Å². The molecule has 0 aliphatic heterocycles. The Morgan fingerprint density at radius 1 is 0.724 bits per heavy atom. The molecule has 0 spiro atoms. The van der Waals surface area contributed by atoms with E-state index >= 15 is 0 Å². The highest BCUT2D eigenvalue weighted by Gasteiger charge is 2.25. The summed E-state index contributed by atoms with van der Waals surface area (Å²) in [5.74, 6) is -1.20. The summed E-state index contributed by atoms with van der Waals surface area (Å²) >= 11 is 0. The van der Waals surface area contributed by atoms with E-state index in [1.165, 1.54) is 0 Å². The van der Waals surface area contributed by atoms with Gasteiger partial charge >= 0.3 is 27.1 Å². The molecule has 0 heterocycles. The first-order valence-electron chi connectivity index (χ1n) is 9.00. The molecule has 0 saturated carbocycles. The number of esters is 2. The molecule has 0 aliphatic rings. The van der Waals surface area contributed by atoms with Gasteiger partial charge < -0.3 is 27.6 Å². The molecule has 0 N–H and O–H groups in total. The van der Waals surface area contributed by atoms with Gasteiger partial charge in [0.15, 0.2) is 6.35 Å². The third kappa shape index (κ3) is 16.2. The summed E-state index contributed by atoms with van der Waals surface area (Å²) in [6, 6.07) is 0. The van der Waals surface area contributed by atoms with Gasteiger partial charge in [0.25, 0.3) is 0 Å². The van der Waals surface area contributed by atoms with Crippen molar-refractivity contribution in [3.63, 3.8) is 0 Å². The van der Waals surface area contributed by atoms with Crippen molar-refractivity contribution >= 4 is 27.1 Å². The fourth-order valence-electron chi connectivity index (χ4n) is 1.58. The van der Waals surface area contributed by atoms with Crippen molar-refractivity contribution in [3.8, 4) is 0 Å². The molecule has 0 bridgehead atoms. The van der Waals surface area contributed by atoms with Gasteiger partial charge in [-0.15, -0.1) is 0 Å². The molecule has 0 atom stereocenters. The van der Waals surface area contributed by atoms with Crippen LogP contribution >= 0.6 is 15.2 Å². The van der Waals surface area contributed by atoms with Crippen LogP contribution in [0.2, 0.25) is 0 Å². The first-order valence-corrected chi connectivity index (χ1v) is 12.5. The average molecular weight is 458 g/mol. The molecule has 0 fully saturated rings. The Kier molecular flexibility index (Phi) is 18.1. The van der Waals surface area contributed by atoms with Crippen LogP contribution in [0.15, 0.2) is 25.3 Å². The van der Waals surface area contributed by atoms with E-state index in [0.29, 0.717) is 13.2 Å². The fourth-order valence-corrected chi connectivity index (χ4v) is 4.31. The van der Waals surface area contributed by atoms with Crippen LogP contribution in [0.4, 0.5) is 0 Å². The van der Waals surface area contributed by atoms with E-state index in [1.54, 1.807) is 27.7 Å². The van der Waals surface area contributed by atoms with Crippen LogP contribution in [-0.2, 0) is 46.3 Å². The van der Waals surface area contributed by atoms with Gasteiger partial charge in [0.05, 0.1) is 32.6 Å². The zero-order valence-corrected chi connectivity index (χ0v) is 19.3. The predicted octanol–water partition coefficient (Wildman–Crippen LogP) is 3.92. The SMILES string of the molecule is C=CC(=O)OCCP(=O)(OCC)OCC.C=CC(=O)OCP(=O)(OCC)OCC. The number of hydrogen-bond donors (Lipinski definition) is 0. The standard InChI is InChI=1S/C9H17O5P.C8H15O5P/c1-4-9(10)12-7-8-15(11,13-5-2)14-6-3;1-4-8(9)11-7-14(10,12-5-2)13-6-3/h4H,1,5-8H2,2-3H3;4H,1,5-7H2,2-3H3. The van der Waals surface area contributed by atoms with Gasteiger partial charge in [-0.2, -0.15) is 0 Å². The van der Waals surface area contributed by atoms with Crippen LogP contribution in [0.25, 0.3) is 0 Å². The monoisotopic (exact) mass is 458 g/mol. The second kappa shape index (κ2) is 17.6. The molecular weight excluding hydrogens is 426 g/mol. The van der Waals surface area contributed by atoms with Gasteiger partial charge in [-0.25, -0.2) is 9.59 Å². The first kappa shape index (κ1) is 29.9. The maximum atomic E-state index is 11.8. The second-order valence-corrected chi connectivity index (χ2v) is 8.97. The lowest BCUT2D eigenvalue weighted by Gasteiger charge is -2.16. The largest absolute Gasteiger partial charge is 0.462 e. The minimum atomic E-state index is -3.28. The molecule has 0 radical (unpaired) electrons. The van der Waals surface area contributed by atoms with E-state index < -0.39 is 27.1 Å². The van der Waals surface area contributed by atoms with Crippen LogP contribution in [0.5, 0.6) is 0 Å². The van der Waals surface area contributed by atoms with E-state index in [9.17, 15) is 18.7 Å². The highest BCUT2D eigenvalue weighted by molar-refractivity contribution is 7.54. The Morgan fingerprint density at radius 3 is 1.48 bits per heavy atom. The summed E-state index contributed by atoms with van der Waals surface area (Å²) in [6.45, 7) is 14.3. The maximum absolute atomic E-state index is 11.8. The van der Waals surface area contributed by atoms with Crippen molar-refractivity contribution in [3.05, 3.63) is 25.3 Å². The number of hydrogen-bond acceptors (Lipinski definition) is 10. The Hall–Kier alpha value is -1.28. The number of rotatable bonds is 15. The lowest BCUT2D eigenvalue weighted by Crippen LogP contribution is -2.09. The molecular formula is C17H32O10P2. The summed E-state index contributed by atoms with van der Waals surface area (Å²) < 4.78 is 52.6. The Balaban J connectivity index is 0. The Bertz CT molecular complexity index is 571. The van der Waals surface area contributed by atoms with Crippen LogP contribution in [0.1, 0.15) is 27.7 Å². The molecule has 0 amide bonds. The number of carbonyl (C=O) groups excluding carboxylic acids is 2. The summed E-state index contributed by atoms with van der Waals surface area (Å²) in [5.41, 5.74) is 0. The molecule has 0 aromatic rings. The van der Waals surface area contributed by atoms with Crippen LogP contribution < -0.4 is 0 Å². The molecule has 0 aromatic heterocycles. The van der Waals surface area contributed by atoms with E-state index in [2.05, 4.69) is 17.9 Å². The molecule has 0 saturated heterocycles. The first-order chi connectivity index (χ1) is 13.7. The lowest BCUT2D eigenvalue weighted by atomic mass is 10.6. The minimum absolute atomic E-state index is 0.00211. The molecule has 29 heavy (non-hydrogen) atoms. The van der Waals surface area contributed by atoms with Crippen molar-refractivity contribution < 1.29 is 46.3 Å². The van der Waals surface area contributed by atoms with Gasteiger partial charge in [-0.3, -0.25) is 9.13 Å². The van der Waals surface area contributed by atoms with Gasteiger partial charge in [-0.05, 0) is 27.7 Å². The van der Waals surface area contributed by atoms with Gasteiger partial charge in [-0.1, -0.05) is 13.2 Å². The zero-order valence-electron chi connectivity index (χ0n) is 17.5. The molecule has 0 aliphatic carbocycles. The van der Waals surface area contributed by atoms with Crippen LogP contribution in [0.3, 0.4) is 0 Å². The highest BCUT2D eigenvalue weighted by atomic mass is 31.2. The molecule has 0 unspecified atom stereocenters. The smallest absolute Gasteiger partial charge is 0.367 e. The minimum Gasteiger partial charge on any atom is -0.462 e. The van der Waals surface area contributed by atoms with Gasteiger partial charge in [0.1, 0.15) is 6.61 Å². The van der Waals surface area contributed by atoms with Crippen molar-refractivity contribution in [1.82, 2.24) is 0 Å². The van der Waals surface area contributed by atoms with Crippen molar-refractivity contribution in [2.75, 3.05) is 45.5 Å². The molecule has 170 valence electrons. The molecule has 0 aromatic carbocycles. The van der Waals surface area contributed by atoms with E-state index in [4.69, 9.17) is 22.8 Å². The maximum Gasteiger partial charge on any atom is 0.367 e. The lowest BCUT2D eigenvalue weighted by molar-refractivity contribution is -0.137. The molecule has 0 rings (SSSR count). The van der Waals surface area contributed by atoms with Crippen LogP contribution in [-0.4, -0.2) is 57.5 Å². The van der Waals surface area contributed by atoms with Gasteiger partial charge in [0, 0.05) is 12.2 Å². The third-order valence-corrected chi connectivity index (χ3v) is 6.39. The average Bonchev–Trinajstić information content (AvgIpc) is 2.67. The quantitative estimate of drug-likeness (QED) is 0.203. The van der Waals surface area contributed by atoms with Crippen molar-refractivity contribution in [2.24, 2.45) is 0 Å². The summed E-state index contributed by atoms with van der Waals surface area (Å²) in [6.07, 6.45) is 1.72. The predicted molar refractivity (Wildman–Crippen MR) is 109 cm³/mol. The zero-order chi connectivity index (χ0) is 22.8. The van der Waals surface area contributed by atoms with Crippen molar-refractivity contribution in [2.45, 2.75) is 27.7 Å². The van der Waals surface area contributed by atoms with E-state index in [1.807, 2.05) is 0 Å². The highest BCUT2D eigenvalue weighted by Crippen LogP contribution is 2.48. The Labute approximate surface area is 172 Å². The Morgan fingerprint density at radius 2 is 1.10 bits per heavy atom. The summed E-state index contributed by atoms with van der Waals surface area (Å²) in [7, 11) is -6.37. The van der Waals surface area contributed by atoms with Gasteiger partial charge in [0.2, 0.25) is 0 Å². The normalized spacial score (nSPS) is 11.0. The molecule has 10 nitrogen and oxygen atoms in total. The second-order valence-electron chi connectivity index (χ2n) is 4.78. The number of ether oxygens (including phenoxy) is 2. The number of carbonyl (C=O) groups is 2. The van der Waals surface area contributed by atoms with Crippen LogP contribution in [0, 0.1) is 0 Å². The topological polar surface area (TPSA) is 124 Å². The third-order valence-electron chi connectivity index (χ3n) is 2.61. The fraction of sp³-hybridized carbons (Fsp3) is 0.647. The van der Waals surface area contributed by atoms with E-state index in [-0.39, 0.29) is 32.3 Å². The molecule has 12 heteroatoms. The summed E-state index contributed by atoms with van der Waals surface area (Å²) in [4.78, 5) is 21.4. The summed E-state index contributed by atoms with van der Waals surface area (Å²) in [5, 5.41) is 0. The van der Waals surface area contributed by atoms with Crippen molar-refractivity contribution in [1.29, 1.82) is 0 Å².